The number of carbonyl (C=O) groups is 2. The van der Waals surface area contributed by atoms with Gasteiger partial charge in [-0.2, -0.15) is 0 Å². The van der Waals surface area contributed by atoms with Crippen LogP contribution in [-0.4, -0.2) is 74.7 Å². The van der Waals surface area contributed by atoms with Crippen LogP contribution < -0.4 is 0 Å². The van der Waals surface area contributed by atoms with Crippen LogP contribution in [0.4, 0.5) is 0 Å². The van der Waals surface area contributed by atoms with Gasteiger partial charge in [-0.25, -0.2) is 9.97 Å². The molecule has 0 N–H and O–H groups in total. The number of rotatable bonds is 7. The van der Waals surface area contributed by atoms with Crippen molar-refractivity contribution >= 4 is 11.8 Å². The number of likely N-dealkylation sites (tertiary alicyclic amines) is 2. The SMILES string of the molecule is Cc1nc([C@@H]2CCCN2C(=O)CCN(C)Cc2ccccn2)ncc1C(=O)N1CCCC1. The monoisotopic (exact) mass is 436 g/mol. The molecule has 2 aliphatic rings. The van der Waals surface area contributed by atoms with E-state index in [-0.39, 0.29) is 17.9 Å². The Bertz CT molecular complexity index is 945. The van der Waals surface area contributed by atoms with Crippen molar-refractivity contribution in [2.24, 2.45) is 0 Å². The van der Waals surface area contributed by atoms with Gasteiger partial charge in [0.2, 0.25) is 5.91 Å². The fourth-order valence-corrected chi connectivity index (χ4v) is 4.56. The van der Waals surface area contributed by atoms with Crippen molar-refractivity contribution in [2.75, 3.05) is 33.2 Å². The Morgan fingerprint density at radius 3 is 2.66 bits per heavy atom. The number of hydrogen-bond donors (Lipinski definition) is 0. The molecule has 8 nitrogen and oxygen atoms in total. The van der Waals surface area contributed by atoms with E-state index < -0.39 is 0 Å². The van der Waals surface area contributed by atoms with Gasteiger partial charge >= 0.3 is 0 Å². The van der Waals surface area contributed by atoms with Gasteiger partial charge in [0.15, 0.2) is 5.82 Å². The van der Waals surface area contributed by atoms with Gasteiger partial charge in [0.25, 0.3) is 5.91 Å². The molecular weight excluding hydrogens is 404 g/mol. The standard InChI is InChI=1S/C24H32N6O2/c1-18-20(24(32)29-12-5-6-13-29)16-26-23(27-18)21-9-7-14-30(21)22(31)10-15-28(2)17-19-8-3-4-11-25-19/h3-4,8,11,16,21H,5-7,9-10,12-15,17H2,1-2H3/t21-/m0/s1. The summed E-state index contributed by atoms with van der Waals surface area (Å²) < 4.78 is 0. The molecule has 2 aromatic heterocycles. The molecule has 2 amide bonds. The highest BCUT2D eigenvalue weighted by Gasteiger charge is 2.32. The summed E-state index contributed by atoms with van der Waals surface area (Å²) in [5, 5.41) is 0. The topological polar surface area (TPSA) is 82.5 Å². The Kier molecular flexibility index (Phi) is 7.09. The third-order valence-electron chi connectivity index (χ3n) is 6.36. The summed E-state index contributed by atoms with van der Waals surface area (Å²) in [4.78, 5) is 45.1. The molecule has 1 atom stereocenters. The van der Waals surface area contributed by atoms with Crippen molar-refractivity contribution in [1.29, 1.82) is 0 Å². The molecule has 4 heterocycles. The fraction of sp³-hybridized carbons (Fsp3) is 0.542. The molecule has 0 bridgehead atoms. The van der Waals surface area contributed by atoms with Crippen molar-refractivity contribution in [3.05, 3.63) is 53.4 Å². The number of nitrogens with zero attached hydrogens (tertiary/aromatic N) is 6. The highest BCUT2D eigenvalue weighted by atomic mass is 16.2. The lowest BCUT2D eigenvalue weighted by Gasteiger charge is -2.25. The van der Waals surface area contributed by atoms with Gasteiger partial charge in [-0.15, -0.1) is 0 Å². The molecule has 0 spiro atoms. The van der Waals surface area contributed by atoms with Crippen LogP contribution in [0.15, 0.2) is 30.6 Å². The molecule has 8 heteroatoms. The summed E-state index contributed by atoms with van der Waals surface area (Å²) in [5.74, 6) is 0.786. The summed E-state index contributed by atoms with van der Waals surface area (Å²) in [7, 11) is 2.01. The van der Waals surface area contributed by atoms with E-state index in [9.17, 15) is 9.59 Å². The highest BCUT2D eigenvalue weighted by Crippen LogP contribution is 2.31. The maximum atomic E-state index is 13.0. The van der Waals surface area contributed by atoms with E-state index in [0.717, 1.165) is 51.0 Å². The van der Waals surface area contributed by atoms with Crippen molar-refractivity contribution in [1.82, 2.24) is 29.7 Å². The van der Waals surface area contributed by atoms with Crippen molar-refractivity contribution < 1.29 is 9.59 Å². The van der Waals surface area contributed by atoms with Crippen LogP contribution in [0.3, 0.4) is 0 Å². The Morgan fingerprint density at radius 1 is 1.12 bits per heavy atom. The van der Waals surface area contributed by atoms with Gasteiger partial charge in [0, 0.05) is 51.5 Å². The van der Waals surface area contributed by atoms with Gasteiger partial charge in [-0.05, 0) is 51.8 Å². The van der Waals surface area contributed by atoms with Gasteiger partial charge < -0.3 is 14.7 Å². The summed E-state index contributed by atoms with van der Waals surface area (Å²) in [6, 6.07) is 5.76. The van der Waals surface area contributed by atoms with Crippen LogP contribution >= 0.6 is 0 Å². The lowest BCUT2D eigenvalue weighted by Crippen LogP contribution is -2.34. The van der Waals surface area contributed by atoms with E-state index in [4.69, 9.17) is 0 Å². The molecule has 0 aliphatic carbocycles. The third-order valence-corrected chi connectivity index (χ3v) is 6.36. The van der Waals surface area contributed by atoms with Crippen molar-refractivity contribution in [3.8, 4) is 0 Å². The first-order valence-electron chi connectivity index (χ1n) is 11.5. The maximum Gasteiger partial charge on any atom is 0.257 e. The van der Waals surface area contributed by atoms with E-state index in [1.165, 1.54) is 0 Å². The van der Waals surface area contributed by atoms with E-state index in [2.05, 4.69) is 19.9 Å². The number of amides is 2. The number of carbonyl (C=O) groups excluding carboxylic acids is 2. The molecule has 2 fully saturated rings. The quantitative estimate of drug-likeness (QED) is 0.664. The number of hydrogen-bond acceptors (Lipinski definition) is 6. The zero-order chi connectivity index (χ0) is 22.5. The molecule has 32 heavy (non-hydrogen) atoms. The molecule has 2 aliphatic heterocycles. The normalized spacial score (nSPS) is 18.5. The Hall–Kier alpha value is -2.87. The van der Waals surface area contributed by atoms with E-state index in [1.54, 1.807) is 12.4 Å². The van der Waals surface area contributed by atoms with Gasteiger partial charge in [-0.1, -0.05) is 6.07 Å². The van der Waals surface area contributed by atoms with Crippen LogP contribution in [0.2, 0.25) is 0 Å². The lowest BCUT2D eigenvalue weighted by atomic mass is 10.1. The van der Waals surface area contributed by atoms with Gasteiger partial charge in [0.1, 0.15) is 0 Å². The number of pyridine rings is 1. The average Bonchev–Trinajstić information content (AvgIpc) is 3.50. The van der Waals surface area contributed by atoms with Crippen LogP contribution in [0.25, 0.3) is 0 Å². The fourth-order valence-electron chi connectivity index (χ4n) is 4.56. The smallest absolute Gasteiger partial charge is 0.257 e. The lowest BCUT2D eigenvalue weighted by molar-refractivity contribution is -0.132. The predicted octanol–water partition coefficient (Wildman–Crippen LogP) is 2.60. The molecule has 2 aromatic rings. The molecule has 2 saturated heterocycles. The first kappa shape index (κ1) is 22.3. The predicted molar refractivity (Wildman–Crippen MR) is 121 cm³/mol. The molecular formula is C24H32N6O2. The van der Waals surface area contributed by atoms with Crippen molar-refractivity contribution in [3.63, 3.8) is 0 Å². The minimum Gasteiger partial charge on any atom is -0.339 e. The second-order valence-electron chi connectivity index (χ2n) is 8.78. The summed E-state index contributed by atoms with van der Waals surface area (Å²) in [6.07, 6.45) is 7.80. The second kappa shape index (κ2) is 10.2. The van der Waals surface area contributed by atoms with Crippen LogP contribution in [0.5, 0.6) is 0 Å². The molecule has 170 valence electrons. The summed E-state index contributed by atoms with van der Waals surface area (Å²) >= 11 is 0. The van der Waals surface area contributed by atoms with Gasteiger partial charge in [0.05, 0.1) is 23.0 Å². The van der Waals surface area contributed by atoms with Gasteiger partial charge in [-0.3, -0.25) is 14.6 Å². The molecule has 0 aromatic carbocycles. The van der Waals surface area contributed by atoms with Crippen LogP contribution in [0, 0.1) is 6.92 Å². The Balaban J connectivity index is 1.36. The zero-order valence-electron chi connectivity index (χ0n) is 19.0. The minimum absolute atomic E-state index is 0.0156. The Labute approximate surface area is 189 Å². The average molecular weight is 437 g/mol. The highest BCUT2D eigenvalue weighted by molar-refractivity contribution is 5.95. The first-order chi connectivity index (χ1) is 15.5. The number of aromatic nitrogens is 3. The number of aryl methyl sites for hydroxylation is 1. The van der Waals surface area contributed by atoms with E-state index in [0.29, 0.717) is 36.6 Å². The summed E-state index contributed by atoms with van der Waals surface area (Å²) in [6.45, 7) is 5.58. The van der Waals surface area contributed by atoms with Crippen molar-refractivity contribution in [2.45, 2.75) is 51.6 Å². The second-order valence-corrected chi connectivity index (χ2v) is 8.78. The molecule has 4 rings (SSSR count). The van der Waals surface area contributed by atoms with Crippen LogP contribution in [-0.2, 0) is 11.3 Å². The van der Waals surface area contributed by atoms with Crippen LogP contribution in [0.1, 0.15) is 65.7 Å². The first-order valence-corrected chi connectivity index (χ1v) is 11.5. The largest absolute Gasteiger partial charge is 0.339 e. The molecule has 0 unspecified atom stereocenters. The molecule has 0 saturated carbocycles. The minimum atomic E-state index is -0.113. The Morgan fingerprint density at radius 2 is 1.94 bits per heavy atom. The van der Waals surface area contributed by atoms with E-state index >= 15 is 0 Å². The summed E-state index contributed by atoms with van der Waals surface area (Å²) in [5.41, 5.74) is 2.26. The zero-order valence-corrected chi connectivity index (χ0v) is 19.0. The molecule has 0 radical (unpaired) electrons. The third kappa shape index (κ3) is 5.12. The maximum absolute atomic E-state index is 13.0. The van der Waals surface area contributed by atoms with E-state index in [1.807, 2.05) is 42.0 Å².